The van der Waals surface area contributed by atoms with Gasteiger partial charge in [0.2, 0.25) is 5.96 Å². The Hall–Kier alpha value is -7.17. The molecule has 1 N–H and O–H groups in total. The molecule has 11 rings (SSSR count). The van der Waals surface area contributed by atoms with Crippen molar-refractivity contribution in [3.8, 4) is 27.9 Å². The molecule has 8 aromatic carbocycles. The summed E-state index contributed by atoms with van der Waals surface area (Å²) in [4.78, 5) is 5.22. The number of hydrogen-bond donors (Lipinski definition) is 1. The molecule has 1 aliphatic rings. The van der Waals surface area contributed by atoms with Gasteiger partial charge in [-0.1, -0.05) is 140 Å². The van der Waals surface area contributed by atoms with Crippen LogP contribution in [0.4, 0.5) is 5.69 Å². The van der Waals surface area contributed by atoms with Crippen molar-refractivity contribution in [3.63, 3.8) is 0 Å². The molecule has 1 unspecified atom stereocenters. The van der Waals surface area contributed by atoms with E-state index in [1.165, 1.54) is 66.0 Å². The van der Waals surface area contributed by atoms with Gasteiger partial charge < -0.3 is 9.88 Å². The summed E-state index contributed by atoms with van der Waals surface area (Å²) in [5, 5.41) is 8.71. The molecule has 2 aromatic heterocycles. The second kappa shape index (κ2) is 12.2. The van der Waals surface area contributed by atoms with E-state index in [1.807, 2.05) is 0 Å². The minimum Gasteiger partial charge on any atom is -0.344 e. The van der Waals surface area contributed by atoms with Gasteiger partial charge in [0.25, 0.3) is 0 Å². The zero-order valence-corrected chi connectivity index (χ0v) is 29.4. The van der Waals surface area contributed by atoms with Crippen LogP contribution < -0.4 is 5.32 Å². The molecule has 0 radical (unpaired) electrons. The topological polar surface area (TPSA) is 34.2 Å². The van der Waals surface area contributed by atoms with Gasteiger partial charge in [-0.2, -0.15) is 0 Å². The van der Waals surface area contributed by atoms with Crippen molar-refractivity contribution in [1.82, 2.24) is 14.5 Å². The highest BCUT2D eigenvalue weighted by Gasteiger charge is 2.26. The normalized spacial score (nSPS) is 14.0. The Morgan fingerprint density at radius 3 is 1.65 bits per heavy atom. The van der Waals surface area contributed by atoms with Crippen molar-refractivity contribution in [2.75, 3.05) is 0 Å². The van der Waals surface area contributed by atoms with Crippen molar-refractivity contribution in [2.24, 2.45) is 4.99 Å². The second-order valence-corrected chi connectivity index (χ2v) is 14.1. The van der Waals surface area contributed by atoms with Gasteiger partial charge in [0.05, 0.1) is 33.8 Å². The molecule has 0 spiro atoms. The minimum absolute atomic E-state index is 0.0138. The smallest absolute Gasteiger partial charge is 0.209 e. The number of benzene rings is 8. The summed E-state index contributed by atoms with van der Waals surface area (Å²) in [6.07, 6.45) is 0. The highest BCUT2D eigenvalue weighted by molar-refractivity contribution is 6.16. The number of aromatic nitrogens is 2. The van der Waals surface area contributed by atoms with Crippen LogP contribution in [-0.2, 0) is 0 Å². The zero-order valence-electron chi connectivity index (χ0n) is 29.4. The van der Waals surface area contributed by atoms with Gasteiger partial charge in [-0.15, -0.1) is 0 Å². The molecule has 1 aliphatic heterocycles. The molecule has 0 saturated carbocycles. The monoisotopic (exact) mass is 690 g/mol. The molecule has 4 heteroatoms. The lowest BCUT2D eigenvalue weighted by molar-refractivity contribution is 0.731. The van der Waals surface area contributed by atoms with Crippen LogP contribution in [0.15, 0.2) is 199 Å². The molecule has 0 amide bonds. The first-order chi connectivity index (χ1) is 26.8. The van der Waals surface area contributed by atoms with Crippen LogP contribution in [0.25, 0.3) is 71.6 Å². The van der Waals surface area contributed by atoms with E-state index in [4.69, 9.17) is 4.99 Å². The van der Waals surface area contributed by atoms with Gasteiger partial charge in [0.15, 0.2) is 0 Å². The highest BCUT2D eigenvalue weighted by Crippen LogP contribution is 2.39. The molecule has 254 valence electrons. The fourth-order valence-corrected chi connectivity index (χ4v) is 8.48. The summed E-state index contributed by atoms with van der Waals surface area (Å²) in [5.74, 6) is 0.826. The maximum atomic E-state index is 5.22. The summed E-state index contributed by atoms with van der Waals surface area (Å²) < 4.78 is 4.69. The van der Waals surface area contributed by atoms with Gasteiger partial charge in [-0.05, 0) is 82.4 Å². The molecular formula is C50H34N4. The number of rotatable bonds is 4. The molecule has 3 heterocycles. The Morgan fingerprint density at radius 1 is 0.389 bits per heavy atom. The van der Waals surface area contributed by atoms with Crippen molar-refractivity contribution >= 4 is 55.3 Å². The Kier molecular flexibility index (Phi) is 6.89. The lowest BCUT2D eigenvalue weighted by atomic mass is 9.96. The Balaban J connectivity index is 1.05. The van der Waals surface area contributed by atoms with Crippen molar-refractivity contribution in [2.45, 2.75) is 6.04 Å². The van der Waals surface area contributed by atoms with E-state index in [2.05, 4.69) is 209 Å². The van der Waals surface area contributed by atoms with E-state index >= 15 is 0 Å². The fraction of sp³-hybridized carbons (Fsp3) is 0.0200. The van der Waals surface area contributed by atoms with Crippen LogP contribution in [-0.4, -0.2) is 15.1 Å². The summed E-state index contributed by atoms with van der Waals surface area (Å²) in [6.45, 7) is 0. The average molecular weight is 691 g/mol. The first-order valence-corrected chi connectivity index (χ1v) is 18.5. The lowest BCUT2D eigenvalue weighted by Gasteiger charge is -2.28. The summed E-state index contributed by atoms with van der Waals surface area (Å²) in [6, 6.07) is 69.8. The number of aliphatic imine (C=N–C) groups is 1. The quantitative estimate of drug-likeness (QED) is 0.196. The third kappa shape index (κ3) is 4.81. The van der Waals surface area contributed by atoms with Crippen molar-refractivity contribution in [1.29, 1.82) is 0 Å². The van der Waals surface area contributed by atoms with E-state index in [0.717, 1.165) is 28.4 Å². The van der Waals surface area contributed by atoms with Gasteiger partial charge >= 0.3 is 0 Å². The van der Waals surface area contributed by atoms with Gasteiger partial charge in [0, 0.05) is 32.8 Å². The van der Waals surface area contributed by atoms with Gasteiger partial charge in [-0.3, -0.25) is 4.57 Å². The van der Waals surface area contributed by atoms with Gasteiger partial charge in [-0.25, -0.2) is 4.99 Å². The van der Waals surface area contributed by atoms with E-state index in [9.17, 15) is 0 Å². The number of nitrogens with zero attached hydrogens (tertiary/aromatic N) is 3. The summed E-state index contributed by atoms with van der Waals surface area (Å²) in [5.41, 5.74) is 14.0. The molecule has 0 saturated heterocycles. The maximum Gasteiger partial charge on any atom is 0.209 e. The summed E-state index contributed by atoms with van der Waals surface area (Å²) >= 11 is 0. The van der Waals surface area contributed by atoms with Gasteiger partial charge in [0.1, 0.15) is 0 Å². The molecular weight excluding hydrogens is 657 g/mol. The van der Waals surface area contributed by atoms with Crippen LogP contribution >= 0.6 is 0 Å². The molecule has 10 aromatic rings. The first kappa shape index (κ1) is 30.5. The zero-order chi connectivity index (χ0) is 35.6. The van der Waals surface area contributed by atoms with E-state index in [1.54, 1.807) is 0 Å². The first-order valence-electron chi connectivity index (χ1n) is 18.5. The van der Waals surface area contributed by atoms with E-state index in [0.29, 0.717) is 0 Å². The molecule has 4 nitrogen and oxygen atoms in total. The van der Waals surface area contributed by atoms with Crippen molar-refractivity contribution in [3.05, 3.63) is 205 Å². The molecule has 0 bridgehead atoms. The summed E-state index contributed by atoms with van der Waals surface area (Å²) in [7, 11) is 0. The standard InChI is InChI=1S/C50H34N4/c1-3-14-33(15-4-1)35-18-13-19-38(30-35)53-45-24-11-8-20-39(45)42-31-36(26-28-47(42)53)37-27-29-48-43(32-37)40-21-9-12-25-46(40)54(48)50-51-44-23-10-7-22-41(44)49(52-50)34-16-5-2-6-17-34/h1-32,49H,(H,51,52). The molecule has 0 fully saturated rings. The number of fused-ring (bicyclic) bond motifs is 7. The van der Waals surface area contributed by atoms with Crippen LogP contribution in [0.3, 0.4) is 0 Å². The van der Waals surface area contributed by atoms with Crippen LogP contribution in [0.5, 0.6) is 0 Å². The number of nitrogens with one attached hydrogen (secondary N) is 1. The van der Waals surface area contributed by atoms with Crippen molar-refractivity contribution < 1.29 is 0 Å². The maximum absolute atomic E-state index is 5.22. The number of para-hydroxylation sites is 3. The number of hydrogen-bond acceptors (Lipinski definition) is 2. The van der Waals surface area contributed by atoms with Crippen LogP contribution in [0, 0.1) is 0 Å². The van der Waals surface area contributed by atoms with E-state index < -0.39 is 0 Å². The molecule has 54 heavy (non-hydrogen) atoms. The molecule has 1 atom stereocenters. The second-order valence-electron chi connectivity index (χ2n) is 14.1. The van der Waals surface area contributed by atoms with E-state index in [-0.39, 0.29) is 6.04 Å². The Bertz CT molecular complexity index is 3080. The van der Waals surface area contributed by atoms with Crippen LogP contribution in [0.2, 0.25) is 0 Å². The van der Waals surface area contributed by atoms with Crippen LogP contribution in [0.1, 0.15) is 17.2 Å². The Labute approximate surface area is 312 Å². The predicted molar refractivity (Wildman–Crippen MR) is 225 cm³/mol. The highest BCUT2D eigenvalue weighted by atomic mass is 15.2. The predicted octanol–water partition coefficient (Wildman–Crippen LogP) is 12.5. The third-order valence-corrected chi connectivity index (χ3v) is 11.0. The SMILES string of the molecule is c1ccc(-c2cccc(-n3c4ccccc4c4cc(-c5ccc6c(c5)c5ccccc5n6C5=Nc6ccccc6C(c6ccccc6)N5)ccc43)c2)cc1. The fourth-order valence-electron chi connectivity index (χ4n) is 8.48. The third-order valence-electron chi connectivity index (χ3n) is 11.0. The minimum atomic E-state index is -0.0138. The average Bonchev–Trinajstić information content (AvgIpc) is 3.76. The Morgan fingerprint density at radius 2 is 0.926 bits per heavy atom. The largest absolute Gasteiger partial charge is 0.344 e. The lowest BCUT2D eigenvalue weighted by Crippen LogP contribution is -2.36. The molecule has 0 aliphatic carbocycles.